The number of hydrogen-bond donors (Lipinski definition) is 0. The van der Waals surface area contributed by atoms with Gasteiger partial charge in [-0.3, -0.25) is 4.79 Å². The van der Waals surface area contributed by atoms with Crippen LogP contribution in [0.1, 0.15) is 30.2 Å². The number of fused-ring (bicyclic) bond motifs is 1. The molecule has 1 amide bonds. The number of ether oxygens (including phenoxy) is 2. The standard InChI is InChI=1S/C25H29N3O6S/c1-32-22-7-6-18(16-23(22)35(30,31)28-12-14-33-15-13-28)17-24(29)27-10-8-19(9-11-27)25-26-20-4-2-3-5-21(20)34-25/h2-7,16,19H,8-15,17H2,1H3. The van der Waals surface area contributed by atoms with Crippen LogP contribution in [0.4, 0.5) is 0 Å². The summed E-state index contributed by atoms with van der Waals surface area (Å²) in [6.07, 6.45) is 1.68. The number of carbonyl (C=O) groups excluding carboxylic acids is 1. The van der Waals surface area contributed by atoms with E-state index in [2.05, 4.69) is 4.98 Å². The van der Waals surface area contributed by atoms with Gasteiger partial charge in [-0.2, -0.15) is 4.31 Å². The van der Waals surface area contributed by atoms with Gasteiger partial charge in [0.1, 0.15) is 16.2 Å². The quantitative estimate of drug-likeness (QED) is 0.514. The Morgan fingerprint density at radius 1 is 1.09 bits per heavy atom. The summed E-state index contributed by atoms with van der Waals surface area (Å²) in [6, 6.07) is 12.6. The predicted octanol–water partition coefficient (Wildman–Crippen LogP) is 2.81. The van der Waals surface area contributed by atoms with Crippen LogP contribution in [0.3, 0.4) is 0 Å². The molecule has 2 aliphatic heterocycles. The van der Waals surface area contributed by atoms with E-state index in [-0.39, 0.29) is 28.9 Å². The Hall–Kier alpha value is -2.95. The van der Waals surface area contributed by atoms with Crippen molar-refractivity contribution in [3.63, 3.8) is 0 Å². The molecule has 2 aromatic carbocycles. The van der Waals surface area contributed by atoms with Gasteiger partial charge in [-0.05, 0) is 42.7 Å². The minimum atomic E-state index is -3.75. The van der Waals surface area contributed by atoms with Gasteiger partial charge in [-0.25, -0.2) is 13.4 Å². The second-order valence-corrected chi connectivity index (χ2v) is 10.8. The third-order valence-corrected chi connectivity index (χ3v) is 8.60. The SMILES string of the molecule is COc1ccc(CC(=O)N2CCC(c3nc4ccccc4o3)CC2)cc1S(=O)(=O)N1CCOCC1. The zero-order chi connectivity index (χ0) is 24.4. The van der Waals surface area contributed by atoms with Crippen LogP contribution in [0.5, 0.6) is 5.75 Å². The number of likely N-dealkylation sites (tertiary alicyclic amines) is 1. The second-order valence-electron chi connectivity index (χ2n) is 8.85. The van der Waals surface area contributed by atoms with E-state index in [1.165, 1.54) is 11.4 Å². The van der Waals surface area contributed by atoms with E-state index in [4.69, 9.17) is 13.9 Å². The third-order valence-electron chi connectivity index (χ3n) is 6.68. The number of methoxy groups -OCH3 is 1. The number of rotatable bonds is 6. The van der Waals surface area contributed by atoms with E-state index in [0.29, 0.717) is 45.0 Å². The van der Waals surface area contributed by atoms with Gasteiger partial charge in [0.15, 0.2) is 11.5 Å². The van der Waals surface area contributed by atoms with Crippen molar-refractivity contribution in [1.82, 2.24) is 14.2 Å². The molecule has 5 rings (SSSR count). The maximum absolute atomic E-state index is 13.2. The molecule has 3 aromatic rings. The molecule has 0 atom stereocenters. The van der Waals surface area contributed by atoms with Crippen molar-refractivity contribution in [3.8, 4) is 5.75 Å². The first kappa shape index (κ1) is 23.8. The largest absolute Gasteiger partial charge is 0.495 e. The van der Waals surface area contributed by atoms with E-state index in [9.17, 15) is 13.2 Å². The Bertz CT molecular complexity index is 1270. The average Bonchev–Trinajstić information content (AvgIpc) is 3.34. The fourth-order valence-corrected chi connectivity index (χ4v) is 6.30. The van der Waals surface area contributed by atoms with Crippen LogP contribution in [-0.4, -0.2) is 75.0 Å². The highest BCUT2D eigenvalue weighted by atomic mass is 32.2. The topological polar surface area (TPSA) is 102 Å². The molecule has 0 N–H and O–H groups in total. The predicted molar refractivity (Wildman–Crippen MR) is 129 cm³/mol. The molecule has 0 aliphatic carbocycles. The molecule has 0 spiro atoms. The molecule has 10 heteroatoms. The van der Waals surface area contributed by atoms with Crippen molar-refractivity contribution in [2.75, 3.05) is 46.5 Å². The summed E-state index contributed by atoms with van der Waals surface area (Å²) in [7, 11) is -2.31. The van der Waals surface area contributed by atoms with Gasteiger partial charge in [0.05, 0.1) is 26.7 Å². The Balaban J connectivity index is 1.25. The van der Waals surface area contributed by atoms with Gasteiger partial charge in [-0.1, -0.05) is 18.2 Å². The minimum Gasteiger partial charge on any atom is -0.495 e. The van der Waals surface area contributed by atoms with Crippen LogP contribution >= 0.6 is 0 Å². The summed E-state index contributed by atoms with van der Waals surface area (Å²) in [4.78, 5) is 19.6. The molecule has 9 nitrogen and oxygen atoms in total. The molecule has 0 unspecified atom stereocenters. The lowest BCUT2D eigenvalue weighted by atomic mass is 9.96. The van der Waals surface area contributed by atoms with Gasteiger partial charge in [0.25, 0.3) is 0 Å². The molecule has 186 valence electrons. The summed E-state index contributed by atoms with van der Waals surface area (Å²) >= 11 is 0. The van der Waals surface area contributed by atoms with Gasteiger partial charge >= 0.3 is 0 Å². The van der Waals surface area contributed by atoms with E-state index in [1.54, 1.807) is 18.2 Å². The van der Waals surface area contributed by atoms with Gasteiger partial charge < -0.3 is 18.8 Å². The zero-order valence-electron chi connectivity index (χ0n) is 19.7. The lowest BCUT2D eigenvalue weighted by Crippen LogP contribution is -2.40. The number of oxazole rings is 1. The summed E-state index contributed by atoms with van der Waals surface area (Å²) in [5.41, 5.74) is 2.27. The van der Waals surface area contributed by atoms with Crippen LogP contribution in [-0.2, 0) is 26.0 Å². The fourth-order valence-electron chi connectivity index (χ4n) is 4.69. The molecule has 3 heterocycles. The van der Waals surface area contributed by atoms with Crippen LogP contribution in [0.25, 0.3) is 11.1 Å². The van der Waals surface area contributed by atoms with Crippen LogP contribution < -0.4 is 4.74 Å². The molecule has 0 bridgehead atoms. The second kappa shape index (κ2) is 9.96. The molecule has 2 fully saturated rings. The summed E-state index contributed by atoms with van der Waals surface area (Å²) in [6.45, 7) is 2.53. The summed E-state index contributed by atoms with van der Waals surface area (Å²) < 4.78 is 44.4. The van der Waals surface area contributed by atoms with Crippen molar-refractivity contribution >= 4 is 27.0 Å². The molecule has 2 aliphatic rings. The lowest BCUT2D eigenvalue weighted by Gasteiger charge is -2.31. The van der Waals surface area contributed by atoms with Crippen LogP contribution in [0, 0.1) is 0 Å². The Labute approximate surface area is 204 Å². The minimum absolute atomic E-state index is 0.0269. The highest BCUT2D eigenvalue weighted by molar-refractivity contribution is 7.89. The number of morpholine rings is 1. The van der Waals surface area contributed by atoms with E-state index >= 15 is 0 Å². The monoisotopic (exact) mass is 499 g/mol. The number of piperidine rings is 1. The highest BCUT2D eigenvalue weighted by Gasteiger charge is 2.31. The van der Waals surface area contributed by atoms with Crippen LogP contribution in [0.2, 0.25) is 0 Å². The molecule has 0 radical (unpaired) electrons. The van der Waals surface area contributed by atoms with Crippen LogP contribution in [0.15, 0.2) is 51.8 Å². The molecular formula is C25H29N3O6S. The van der Waals surface area contributed by atoms with Gasteiger partial charge in [0.2, 0.25) is 15.9 Å². The fraction of sp³-hybridized carbons (Fsp3) is 0.440. The zero-order valence-corrected chi connectivity index (χ0v) is 20.5. The molecule has 0 saturated carbocycles. The first-order valence-corrected chi connectivity index (χ1v) is 13.3. The Kier molecular flexibility index (Phi) is 6.77. The summed E-state index contributed by atoms with van der Waals surface area (Å²) in [5, 5.41) is 0. The van der Waals surface area contributed by atoms with Gasteiger partial charge in [0, 0.05) is 32.1 Å². The normalized spacial score (nSPS) is 18.1. The highest BCUT2D eigenvalue weighted by Crippen LogP contribution is 2.31. The van der Waals surface area contributed by atoms with E-state index in [1.807, 2.05) is 29.2 Å². The van der Waals surface area contributed by atoms with Crippen molar-refractivity contribution in [3.05, 3.63) is 53.9 Å². The number of nitrogens with zero attached hydrogens (tertiary/aromatic N) is 3. The number of aromatic nitrogens is 1. The molecule has 35 heavy (non-hydrogen) atoms. The van der Waals surface area contributed by atoms with Crippen molar-refractivity contribution < 1.29 is 27.1 Å². The number of carbonyl (C=O) groups is 1. The average molecular weight is 500 g/mol. The number of para-hydroxylation sites is 2. The van der Waals surface area contributed by atoms with Crippen molar-refractivity contribution in [2.45, 2.75) is 30.1 Å². The first-order valence-electron chi connectivity index (χ1n) is 11.8. The van der Waals surface area contributed by atoms with Crippen molar-refractivity contribution in [1.29, 1.82) is 0 Å². The maximum atomic E-state index is 13.2. The number of sulfonamides is 1. The van der Waals surface area contributed by atoms with Crippen molar-refractivity contribution in [2.24, 2.45) is 0 Å². The first-order chi connectivity index (χ1) is 17.0. The summed E-state index contributed by atoms with van der Waals surface area (Å²) in [5.74, 6) is 1.15. The number of hydrogen-bond acceptors (Lipinski definition) is 7. The Morgan fingerprint density at radius 2 is 1.83 bits per heavy atom. The number of benzene rings is 2. The molecular weight excluding hydrogens is 470 g/mol. The maximum Gasteiger partial charge on any atom is 0.246 e. The van der Waals surface area contributed by atoms with Gasteiger partial charge in [-0.15, -0.1) is 0 Å². The number of amides is 1. The lowest BCUT2D eigenvalue weighted by molar-refractivity contribution is -0.131. The smallest absolute Gasteiger partial charge is 0.246 e. The molecule has 2 saturated heterocycles. The molecule has 1 aromatic heterocycles. The Morgan fingerprint density at radius 3 is 2.54 bits per heavy atom. The third kappa shape index (κ3) is 4.91. The van der Waals surface area contributed by atoms with E-state index < -0.39 is 10.0 Å². The van der Waals surface area contributed by atoms with E-state index in [0.717, 1.165) is 29.8 Å².